The fourth-order valence-corrected chi connectivity index (χ4v) is 6.99. The summed E-state index contributed by atoms with van der Waals surface area (Å²) in [6, 6.07) is -0.575. The maximum absolute atomic E-state index is 12.8. The van der Waals surface area contributed by atoms with Crippen LogP contribution in [0, 0.1) is 23.7 Å². The van der Waals surface area contributed by atoms with Gasteiger partial charge in [-0.2, -0.15) is 0 Å². The van der Waals surface area contributed by atoms with Gasteiger partial charge in [0.1, 0.15) is 6.04 Å². The Labute approximate surface area is 205 Å². The third-order valence-corrected chi connectivity index (χ3v) is 8.93. The summed E-state index contributed by atoms with van der Waals surface area (Å²) in [6.45, 7) is 6.60. The Balaban J connectivity index is 1.24. The molecule has 0 aromatic carbocycles. The summed E-state index contributed by atoms with van der Waals surface area (Å²) >= 11 is 0. The molecule has 0 aromatic rings. The molecule has 0 radical (unpaired) electrons. The van der Waals surface area contributed by atoms with E-state index in [9.17, 15) is 14.4 Å². The van der Waals surface area contributed by atoms with Gasteiger partial charge in [0.25, 0.3) is 0 Å². The number of rotatable bonds is 5. The Hall–Kier alpha value is -1.75. The quantitative estimate of drug-likeness (QED) is 0.420. The molecule has 6 aliphatic rings. The average Bonchev–Trinajstić information content (AvgIpc) is 3.22. The summed E-state index contributed by atoms with van der Waals surface area (Å²) in [5, 5.41) is 0. The van der Waals surface area contributed by atoms with E-state index in [1.807, 2.05) is 13.8 Å². The molecule has 0 unspecified atom stereocenters. The Morgan fingerprint density at radius 1 is 1.03 bits per heavy atom. The highest BCUT2D eigenvalue weighted by molar-refractivity contribution is 5.87. The molecule has 1 aliphatic carbocycles. The van der Waals surface area contributed by atoms with Crippen LogP contribution in [-0.4, -0.2) is 66.4 Å². The number of fused-ring (bicyclic) bond motifs is 2. The summed E-state index contributed by atoms with van der Waals surface area (Å²) in [5.74, 6) is -1.48. The highest BCUT2D eigenvalue weighted by Crippen LogP contribution is 2.60. The van der Waals surface area contributed by atoms with E-state index in [2.05, 4.69) is 6.92 Å². The number of likely N-dealkylation sites (tertiary alicyclic amines) is 1. The van der Waals surface area contributed by atoms with Gasteiger partial charge in [-0.1, -0.05) is 13.8 Å². The standard InChI is InChI=1S/C25H37NO9/c1-14-7-8-17-15(2)22(32-23-25(17)16(14)11-12-24(3,33-23)34-35-25)31-20(28)10-9-19(27)26-13-5-6-18(26)21(29)30-4/h14-18,22-23H,5-13H2,1-4H3/t14-,15-,16+,17+,18+,22-,23-,24-,25-/m1/s1. The summed E-state index contributed by atoms with van der Waals surface area (Å²) in [7, 11) is 1.31. The van der Waals surface area contributed by atoms with Crippen LogP contribution in [0.4, 0.5) is 0 Å². The number of amides is 1. The molecule has 1 saturated carbocycles. The van der Waals surface area contributed by atoms with Gasteiger partial charge in [-0.3, -0.25) is 9.59 Å². The van der Waals surface area contributed by atoms with E-state index in [-0.39, 0.29) is 36.5 Å². The second-order valence-corrected chi connectivity index (χ2v) is 11.0. The van der Waals surface area contributed by atoms with Crippen LogP contribution in [0.1, 0.15) is 72.1 Å². The Morgan fingerprint density at radius 2 is 1.83 bits per heavy atom. The van der Waals surface area contributed by atoms with Crippen molar-refractivity contribution in [1.29, 1.82) is 0 Å². The number of carbonyl (C=O) groups is 3. The molecule has 5 aliphatic heterocycles. The third-order valence-electron chi connectivity index (χ3n) is 8.93. The van der Waals surface area contributed by atoms with Crippen LogP contribution in [0.2, 0.25) is 0 Å². The monoisotopic (exact) mass is 495 g/mol. The lowest BCUT2D eigenvalue weighted by atomic mass is 9.58. The van der Waals surface area contributed by atoms with Crippen molar-refractivity contribution in [2.24, 2.45) is 23.7 Å². The lowest BCUT2D eigenvalue weighted by molar-refractivity contribution is -0.576. The fourth-order valence-electron chi connectivity index (χ4n) is 6.99. The van der Waals surface area contributed by atoms with Crippen molar-refractivity contribution in [3.05, 3.63) is 0 Å². The van der Waals surface area contributed by atoms with E-state index in [4.69, 9.17) is 28.7 Å². The maximum atomic E-state index is 12.8. The predicted octanol–water partition coefficient (Wildman–Crippen LogP) is 2.68. The summed E-state index contributed by atoms with van der Waals surface area (Å²) in [5.41, 5.74) is -0.718. The molecular weight excluding hydrogens is 458 g/mol. The Kier molecular flexibility index (Phi) is 6.61. The van der Waals surface area contributed by atoms with Crippen LogP contribution >= 0.6 is 0 Å². The molecule has 1 spiro atoms. The zero-order chi connectivity index (χ0) is 25.0. The number of hydrogen-bond acceptors (Lipinski definition) is 9. The average molecular weight is 496 g/mol. The van der Waals surface area contributed by atoms with Gasteiger partial charge in [-0.25, -0.2) is 14.6 Å². The van der Waals surface area contributed by atoms with Crippen molar-refractivity contribution >= 4 is 17.8 Å². The molecule has 1 amide bonds. The minimum absolute atomic E-state index is 0.0324. The fraction of sp³-hybridized carbons (Fsp3) is 0.880. The number of methoxy groups -OCH3 is 1. The van der Waals surface area contributed by atoms with Crippen LogP contribution in [0.15, 0.2) is 0 Å². The second-order valence-electron chi connectivity index (χ2n) is 11.0. The third kappa shape index (κ3) is 4.16. The van der Waals surface area contributed by atoms with E-state index >= 15 is 0 Å². The highest BCUT2D eigenvalue weighted by atomic mass is 17.3. The van der Waals surface area contributed by atoms with Crippen LogP contribution in [-0.2, 0) is 43.1 Å². The minimum Gasteiger partial charge on any atom is -0.467 e. The first-order chi connectivity index (χ1) is 16.7. The van der Waals surface area contributed by atoms with Gasteiger partial charge in [0.2, 0.25) is 18.0 Å². The number of hydrogen-bond donors (Lipinski definition) is 0. The molecule has 35 heavy (non-hydrogen) atoms. The van der Waals surface area contributed by atoms with Gasteiger partial charge in [0, 0.05) is 31.2 Å². The smallest absolute Gasteiger partial charge is 0.328 e. The molecule has 6 rings (SSSR count). The van der Waals surface area contributed by atoms with Gasteiger partial charge < -0.3 is 23.8 Å². The molecule has 9 atom stereocenters. The van der Waals surface area contributed by atoms with Crippen LogP contribution in [0.25, 0.3) is 0 Å². The van der Waals surface area contributed by atoms with E-state index < -0.39 is 41.9 Å². The van der Waals surface area contributed by atoms with Crippen molar-refractivity contribution in [2.75, 3.05) is 13.7 Å². The lowest BCUT2D eigenvalue weighted by Crippen LogP contribution is -2.70. The second kappa shape index (κ2) is 9.28. The molecular formula is C25H37NO9. The van der Waals surface area contributed by atoms with Crippen molar-refractivity contribution in [3.8, 4) is 0 Å². The first kappa shape index (κ1) is 24.9. The van der Waals surface area contributed by atoms with Gasteiger partial charge in [-0.15, -0.1) is 0 Å². The zero-order valence-electron chi connectivity index (χ0n) is 21.0. The van der Waals surface area contributed by atoms with Crippen molar-refractivity contribution < 1.29 is 43.1 Å². The maximum Gasteiger partial charge on any atom is 0.328 e. The van der Waals surface area contributed by atoms with E-state index in [0.29, 0.717) is 25.3 Å². The van der Waals surface area contributed by atoms with Gasteiger partial charge >= 0.3 is 11.9 Å². The van der Waals surface area contributed by atoms with Crippen LogP contribution in [0.5, 0.6) is 0 Å². The molecule has 0 N–H and O–H groups in total. The molecule has 196 valence electrons. The molecule has 10 nitrogen and oxygen atoms in total. The molecule has 6 fully saturated rings. The first-order valence-electron chi connectivity index (χ1n) is 13.0. The molecule has 10 heteroatoms. The van der Waals surface area contributed by atoms with E-state index in [1.165, 1.54) is 12.0 Å². The lowest BCUT2D eigenvalue weighted by Gasteiger charge is -2.59. The number of ether oxygens (including phenoxy) is 4. The van der Waals surface area contributed by atoms with Gasteiger partial charge in [0.15, 0.2) is 11.9 Å². The van der Waals surface area contributed by atoms with Crippen LogP contribution < -0.4 is 0 Å². The topological polar surface area (TPSA) is 110 Å². The normalized spacial score (nSPS) is 44.3. The minimum atomic E-state index is -0.898. The molecule has 2 bridgehead atoms. The molecule has 5 heterocycles. The largest absolute Gasteiger partial charge is 0.467 e. The van der Waals surface area contributed by atoms with Gasteiger partial charge in [-0.05, 0) is 50.9 Å². The van der Waals surface area contributed by atoms with Gasteiger partial charge in [0.05, 0.1) is 13.5 Å². The highest BCUT2D eigenvalue weighted by Gasteiger charge is 2.69. The number of carbonyl (C=O) groups excluding carboxylic acids is 3. The summed E-state index contributed by atoms with van der Waals surface area (Å²) in [4.78, 5) is 50.8. The van der Waals surface area contributed by atoms with Crippen molar-refractivity contribution in [2.45, 2.75) is 102 Å². The first-order valence-corrected chi connectivity index (χ1v) is 13.0. The van der Waals surface area contributed by atoms with Crippen molar-refractivity contribution in [1.82, 2.24) is 4.90 Å². The molecule has 0 aromatic heterocycles. The number of nitrogens with zero attached hydrogens (tertiary/aromatic N) is 1. The van der Waals surface area contributed by atoms with E-state index in [1.54, 1.807) is 0 Å². The Morgan fingerprint density at radius 3 is 2.60 bits per heavy atom. The summed E-state index contributed by atoms with van der Waals surface area (Å²) < 4.78 is 23.1. The summed E-state index contributed by atoms with van der Waals surface area (Å²) in [6.07, 6.45) is 3.29. The predicted molar refractivity (Wildman–Crippen MR) is 119 cm³/mol. The van der Waals surface area contributed by atoms with E-state index in [0.717, 1.165) is 25.7 Å². The van der Waals surface area contributed by atoms with Crippen molar-refractivity contribution in [3.63, 3.8) is 0 Å². The van der Waals surface area contributed by atoms with Crippen LogP contribution in [0.3, 0.4) is 0 Å². The molecule has 5 saturated heterocycles. The SMILES string of the molecule is COC(=O)[C@@H]1CCCN1C(=O)CCC(=O)O[C@@H]1O[C@@H]2O[C@@]3(C)CC[C@H]4[C@H](C)CC[C@@H]([C@H]1C)[C@@]24OO3. The zero-order valence-corrected chi connectivity index (χ0v) is 21.0. The number of esters is 2. The Bertz CT molecular complexity index is 866.